The molecule has 1 rings (SSSR count). The van der Waals surface area contributed by atoms with E-state index in [0.29, 0.717) is 6.42 Å². The summed E-state index contributed by atoms with van der Waals surface area (Å²) in [7, 11) is 1.47. The van der Waals surface area contributed by atoms with Gasteiger partial charge in [-0.3, -0.25) is 0 Å². The first-order valence-electron chi connectivity index (χ1n) is 3.69. The Morgan fingerprint density at radius 3 is 2.55 bits per heavy atom. The Morgan fingerprint density at radius 1 is 1.36 bits per heavy atom. The Labute approximate surface area is 65.7 Å². The van der Waals surface area contributed by atoms with Gasteiger partial charge in [-0.15, -0.1) is 0 Å². The van der Waals surface area contributed by atoms with E-state index in [1.165, 1.54) is 7.11 Å². The minimum Gasteiger partial charge on any atom is -0.390 e. The molecule has 1 heterocycles. The van der Waals surface area contributed by atoms with Gasteiger partial charge in [-0.2, -0.15) is 0 Å². The summed E-state index contributed by atoms with van der Waals surface area (Å²) in [5, 5.41) is 18.5. The van der Waals surface area contributed by atoms with E-state index in [0.717, 1.165) is 0 Å². The zero-order valence-corrected chi connectivity index (χ0v) is 6.73. The van der Waals surface area contributed by atoms with Gasteiger partial charge in [0.2, 0.25) is 0 Å². The Hall–Kier alpha value is -0.160. The first-order valence-corrected chi connectivity index (χ1v) is 3.69. The molecule has 11 heavy (non-hydrogen) atoms. The Bertz CT molecular complexity index is 128. The van der Waals surface area contributed by atoms with Crippen LogP contribution in [0.2, 0.25) is 0 Å². The summed E-state index contributed by atoms with van der Waals surface area (Å²) in [4.78, 5) is 0. The van der Waals surface area contributed by atoms with Crippen LogP contribution in [0.15, 0.2) is 0 Å². The summed E-state index contributed by atoms with van der Waals surface area (Å²) in [6.45, 7) is 1.75. The second-order valence-corrected chi connectivity index (χ2v) is 2.82. The van der Waals surface area contributed by atoms with Gasteiger partial charge in [-0.1, -0.05) is 0 Å². The Morgan fingerprint density at radius 2 is 2.00 bits per heavy atom. The summed E-state index contributed by atoms with van der Waals surface area (Å²) < 4.78 is 9.98. The number of ether oxygens (including phenoxy) is 2. The first kappa shape index (κ1) is 8.93. The van der Waals surface area contributed by atoms with Crippen LogP contribution in [0.4, 0.5) is 0 Å². The van der Waals surface area contributed by atoms with E-state index in [9.17, 15) is 10.2 Å². The molecule has 0 amide bonds. The van der Waals surface area contributed by atoms with Crippen LogP contribution in [-0.2, 0) is 9.47 Å². The standard InChI is InChI=1S/C7H14O4/c1-4-5(8)3-6(9)7(10-2)11-4/h4-9H,3H2,1-2H3/t4-,5?,6+,7?/m0/s1. The number of methoxy groups -OCH3 is 1. The molecule has 2 unspecified atom stereocenters. The number of rotatable bonds is 1. The highest BCUT2D eigenvalue weighted by Gasteiger charge is 2.33. The minimum atomic E-state index is -0.716. The molecule has 4 nitrogen and oxygen atoms in total. The molecule has 1 aliphatic rings. The molecule has 1 saturated heterocycles. The van der Waals surface area contributed by atoms with Gasteiger partial charge in [0.05, 0.1) is 12.2 Å². The highest BCUT2D eigenvalue weighted by molar-refractivity contribution is 4.77. The fourth-order valence-corrected chi connectivity index (χ4v) is 1.16. The van der Waals surface area contributed by atoms with Crippen LogP contribution in [-0.4, -0.2) is 41.9 Å². The molecule has 0 spiro atoms. The molecular weight excluding hydrogens is 148 g/mol. The molecule has 1 fully saturated rings. The van der Waals surface area contributed by atoms with E-state index >= 15 is 0 Å². The summed E-state index contributed by atoms with van der Waals surface area (Å²) in [6, 6.07) is 0. The van der Waals surface area contributed by atoms with E-state index in [2.05, 4.69) is 0 Å². The zero-order chi connectivity index (χ0) is 8.43. The van der Waals surface area contributed by atoms with E-state index < -0.39 is 18.5 Å². The van der Waals surface area contributed by atoms with Crippen molar-refractivity contribution in [1.29, 1.82) is 0 Å². The fourth-order valence-electron chi connectivity index (χ4n) is 1.16. The first-order chi connectivity index (χ1) is 5.15. The molecule has 0 aliphatic carbocycles. The van der Waals surface area contributed by atoms with Gasteiger partial charge < -0.3 is 19.7 Å². The molecule has 0 bridgehead atoms. The van der Waals surface area contributed by atoms with Crippen LogP contribution in [0.25, 0.3) is 0 Å². The molecule has 66 valence electrons. The lowest BCUT2D eigenvalue weighted by Gasteiger charge is -2.34. The molecule has 1 aliphatic heterocycles. The van der Waals surface area contributed by atoms with Gasteiger partial charge in [-0.05, 0) is 6.92 Å². The second kappa shape index (κ2) is 3.49. The van der Waals surface area contributed by atoms with Crippen molar-refractivity contribution >= 4 is 0 Å². The molecule has 0 saturated carbocycles. The smallest absolute Gasteiger partial charge is 0.183 e. The predicted molar refractivity (Wildman–Crippen MR) is 38.0 cm³/mol. The molecule has 4 heteroatoms. The summed E-state index contributed by atoms with van der Waals surface area (Å²) in [5.74, 6) is 0. The molecule has 0 radical (unpaired) electrons. The highest BCUT2D eigenvalue weighted by Crippen LogP contribution is 2.19. The Balaban J connectivity index is 2.48. The molecule has 0 aromatic heterocycles. The van der Waals surface area contributed by atoms with E-state index in [4.69, 9.17) is 9.47 Å². The minimum absolute atomic E-state index is 0.261. The van der Waals surface area contributed by atoms with Gasteiger partial charge in [0.25, 0.3) is 0 Å². The van der Waals surface area contributed by atoms with Crippen molar-refractivity contribution < 1.29 is 19.7 Å². The maximum absolute atomic E-state index is 9.25. The van der Waals surface area contributed by atoms with Crippen molar-refractivity contribution in [2.45, 2.75) is 37.9 Å². The molecule has 2 N–H and O–H groups in total. The number of hydrogen-bond donors (Lipinski definition) is 2. The lowest BCUT2D eigenvalue weighted by atomic mass is 10.0. The number of hydrogen-bond acceptors (Lipinski definition) is 4. The number of aliphatic hydroxyl groups is 2. The highest BCUT2D eigenvalue weighted by atomic mass is 16.7. The molecule has 4 atom stereocenters. The van der Waals surface area contributed by atoms with Gasteiger partial charge in [0.15, 0.2) is 6.29 Å². The molecule has 0 aromatic rings. The van der Waals surface area contributed by atoms with Crippen molar-refractivity contribution in [3.05, 3.63) is 0 Å². The van der Waals surface area contributed by atoms with Crippen LogP contribution in [0.1, 0.15) is 13.3 Å². The quantitative estimate of drug-likeness (QED) is 0.545. The van der Waals surface area contributed by atoms with Crippen LogP contribution in [0.5, 0.6) is 0 Å². The van der Waals surface area contributed by atoms with Gasteiger partial charge >= 0.3 is 0 Å². The van der Waals surface area contributed by atoms with Crippen LogP contribution in [0, 0.1) is 0 Å². The lowest BCUT2D eigenvalue weighted by molar-refractivity contribution is -0.251. The molecule has 0 aromatic carbocycles. The predicted octanol–water partition coefficient (Wildman–Crippen LogP) is -0.510. The van der Waals surface area contributed by atoms with Crippen molar-refractivity contribution in [2.75, 3.05) is 7.11 Å². The number of aliphatic hydroxyl groups excluding tert-OH is 2. The van der Waals surface area contributed by atoms with Crippen molar-refractivity contribution in [3.63, 3.8) is 0 Å². The summed E-state index contributed by atoms with van der Waals surface area (Å²) in [5.41, 5.74) is 0. The second-order valence-electron chi connectivity index (χ2n) is 2.82. The zero-order valence-electron chi connectivity index (χ0n) is 6.73. The maximum atomic E-state index is 9.25. The SMILES string of the molecule is COC1O[C@@H](C)C(O)C[C@H]1O. The summed E-state index contributed by atoms with van der Waals surface area (Å²) >= 11 is 0. The normalized spacial score (nSPS) is 45.8. The van der Waals surface area contributed by atoms with Crippen LogP contribution in [0.3, 0.4) is 0 Å². The third-order valence-corrected chi connectivity index (χ3v) is 1.92. The van der Waals surface area contributed by atoms with E-state index in [1.54, 1.807) is 6.92 Å². The summed E-state index contributed by atoms with van der Waals surface area (Å²) in [6.07, 6.45) is -1.83. The van der Waals surface area contributed by atoms with Gasteiger partial charge in [0.1, 0.15) is 6.10 Å². The van der Waals surface area contributed by atoms with Gasteiger partial charge in [0, 0.05) is 13.5 Å². The maximum Gasteiger partial charge on any atom is 0.183 e. The van der Waals surface area contributed by atoms with Crippen molar-refractivity contribution in [2.24, 2.45) is 0 Å². The third-order valence-electron chi connectivity index (χ3n) is 1.92. The van der Waals surface area contributed by atoms with Crippen LogP contribution < -0.4 is 0 Å². The average molecular weight is 162 g/mol. The van der Waals surface area contributed by atoms with Crippen molar-refractivity contribution in [3.8, 4) is 0 Å². The van der Waals surface area contributed by atoms with E-state index in [1.807, 2.05) is 0 Å². The third kappa shape index (κ3) is 1.90. The largest absolute Gasteiger partial charge is 0.390 e. The average Bonchev–Trinajstić information content (AvgIpc) is 1.97. The lowest BCUT2D eigenvalue weighted by Crippen LogP contribution is -2.46. The van der Waals surface area contributed by atoms with Crippen molar-refractivity contribution in [1.82, 2.24) is 0 Å². The topological polar surface area (TPSA) is 58.9 Å². The fraction of sp³-hybridized carbons (Fsp3) is 1.00. The monoisotopic (exact) mass is 162 g/mol. The van der Waals surface area contributed by atoms with Gasteiger partial charge in [-0.25, -0.2) is 0 Å². The molecular formula is C7H14O4. The van der Waals surface area contributed by atoms with Crippen LogP contribution >= 0.6 is 0 Å². The van der Waals surface area contributed by atoms with E-state index in [-0.39, 0.29) is 6.10 Å². The Kier molecular flexibility index (Phi) is 2.84.